The predicted octanol–water partition coefficient (Wildman–Crippen LogP) is 1.39. The minimum atomic E-state index is -3.47. The normalized spacial score (nSPS) is 30.7. The van der Waals surface area contributed by atoms with E-state index in [4.69, 9.17) is 0 Å². The second-order valence-electron chi connectivity index (χ2n) is 5.89. The lowest BCUT2D eigenvalue weighted by atomic mass is 9.93. The molecule has 2 rings (SSSR count). The minimum Gasteiger partial charge on any atom is -0.391 e. The van der Waals surface area contributed by atoms with Crippen molar-refractivity contribution >= 4 is 10.2 Å². The summed E-state index contributed by atoms with van der Waals surface area (Å²) in [4.78, 5) is 0. The monoisotopic (exact) mass is 290 g/mol. The molecule has 2 N–H and O–H groups in total. The van der Waals surface area contributed by atoms with Crippen LogP contribution in [0.2, 0.25) is 0 Å². The molecule has 2 atom stereocenters. The van der Waals surface area contributed by atoms with E-state index >= 15 is 0 Å². The molecule has 0 aromatic carbocycles. The van der Waals surface area contributed by atoms with Crippen LogP contribution in [0.15, 0.2) is 0 Å². The number of hydrogen-bond acceptors (Lipinski definition) is 3. The van der Waals surface area contributed by atoms with Gasteiger partial charge in [-0.25, -0.2) is 0 Å². The van der Waals surface area contributed by atoms with Crippen molar-refractivity contribution in [3.8, 4) is 0 Å². The van der Waals surface area contributed by atoms with Crippen molar-refractivity contribution < 1.29 is 13.5 Å². The minimum absolute atomic E-state index is 0.118. The molecule has 0 aromatic heterocycles. The summed E-state index contributed by atoms with van der Waals surface area (Å²) in [5, 5.41) is 9.88. The Morgan fingerprint density at radius 2 is 1.58 bits per heavy atom. The highest BCUT2D eigenvalue weighted by molar-refractivity contribution is 7.87. The zero-order valence-corrected chi connectivity index (χ0v) is 12.5. The summed E-state index contributed by atoms with van der Waals surface area (Å²) in [6.07, 6.45) is 8.18. The Balaban J connectivity index is 1.96. The van der Waals surface area contributed by atoms with Gasteiger partial charge >= 0.3 is 0 Å². The molecule has 0 heterocycles. The van der Waals surface area contributed by atoms with Crippen LogP contribution in [0.4, 0.5) is 0 Å². The third-order valence-corrected chi connectivity index (χ3v) is 6.15. The summed E-state index contributed by atoms with van der Waals surface area (Å²) >= 11 is 0. The third kappa shape index (κ3) is 3.90. The number of hydrogen-bond donors (Lipinski definition) is 2. The Morgan fingerprint density at radius 3 is 2.21 bits per heavy atom. The summed E-state index contributed by atoms with van der Waals surface area (Å²) in [7, 11) is -1.81. The molecule has 2 aliphatic rings. The van der Waals surface area contributed by atoms with Gasteiger partial charge in [-0.05, 0) is 25.7 Å². The summed E-state index contributed by atoms with van der Waals surface area (Å²) in [5.41, 5.74) is 0. The maximum Gasteiger partial charge on any atom is 0.279 e. The highest BCUT2D eigenvalue weighted by atomic mass is 32.2. The molecule has 6 heteroatoms. The second kappa shape index (κ2) is 6.52. The molecular weight excluding hydrogens is 264 g/mol. The molecule has 0 aromatic rings. The van der Waals surface area contributed by atoms with E-state index in [1.165, 1.54) is 10.7 Å². The van der Waals surface area contributed by atoms with Crippen LogP contribution in [0, 0.1) is 0 Å². The number of nitrogens with zero attached hydrogens (tertiary/aromatic N) is 1. The van der Waals surface area contributed by atoms with Crippen LogP contribution in [0.25, 0.3) is 0 Å². The van der Waals surface area contributed by atoms with E-state index in [0.717, 1.165) is 44.9 Å². The first-order valence-electron chi connectivity index (χ1n) is 7.44. The molecule has 0 aliphatic heterocycles. The molecule has 0 spiro atoms. The van der Waals surface area contributed by atoms with Gasteiger partial charge in [0.2, 0.25) is 0 Å². The number of aliphatic hydroxyl groups is 1. The van der Waals surface area contributed by atoms with Crippen LogP contribution in [-0.4, -0.2) is 43.1 Å². The van der Waals surface area contributed by atoms with Gasteiger partial charge in [0.1, 0.15) is 0 Å². The Hall–Kier alpha value is -0.170. The second-order valence-corrected chi connectivity index (χ2v) is 7.65. The van der Waals surface area contributed by atoms with Gasteiger partial charge in [0.15, 0.2) is 0 Å². The maximum absolute atomic E-state index is 12.3. The third-order valence-electron chi connectivity index (χ3n) is 4.50. The van der Waals surface area contributed by atoms with E-state index in [-0.39, 0.29) is 12.1 Å². The summed E-state index contributed by atoms with van der Waals surface area (Å²) in [6, 6.07) is -0.197. The van der Waals surface area contributed by atoms with E-state index in [1.807, 2.05) is 0 Å². The van der Waals surface area contributed by atoms with Gasteiger partial charge in [-0.1, -0.05) is 32.1 Å². The van der Waals surface area contributed by atoms with Gasteiger partial charge in [-0.2, -0.15) is 17.4 Å². The van der Waals surface area contributed by atoms with Crippen molar-refractivity contribution in [2.75, 3.05) is 7.05 Å². The Morgan fingerprint density at radius 1 is 1.00 bits per heavy atom. The zero-order chi connectivity index (χ0) is 13.9. The topological polar surface area (TPSA) is 69.6 Å². The van der Waals surface area contributed by atoms with Crippen molar-refractivity contribution in [3.63, 3.8) is 0 Å². The van der Waals surface area contributed by atoms with E-state index < -0.39 is 16.3 Å². The van der Waals surface area contributed by atoms with Crippen LogP contribution in [0.3, 0.4) is 0 Å². The average Bonchev–Trinajstić information content (AvgIpc) is 2.41. The van der Waals surface area contributed by atoms with Crippen molar-refractivity contribution in [1.82, 2.24) is 9.03 Å². The lowest BCUT2D eigenvalue weighted by Gasteiger charge is -2.34. The molecule has 0 bridgehead atoms. The van der Waals surface area contributed by atoms with E-state index in [1.54, 1.807) is 7.05 Å². The van der Waals surface area contributed by atoms with Crippen LogP contribution < -0.4 is 4.72 Å². The first kappa shape index (κ1) is 15.2. The highest BCUT2D eigenvalue weighted by Gasteiger charge is 2.32. The standard InChI is InChI=1S/C13H26N2O3S/c1-15(11-7-3-2-4-8-11)19(17,18)14-12-9-5-6-10-13(12)16/h11-14,16H,2-10H2,1H3. The molecule has 2 aliphatic carbocycles. The zero-order valence-electron chi connectivity index (χ0n) is 11.7. The van der Waals surface area contributed by atoms with Gasteiger partial charge in [-0.15, -0.1) is 0 Å². The largest absolute Gasteiger partial charge is 0.391 e. The molecule has 2 saturated carbocycles. The number of aliphatic hydroxyl groups excluding tert-OH is 1. The molecule has 19 heavy (non-hydrogen) atoms. The first-order chi connectivity index (χ1) is 9.00. The predicted molar refractivity (Wildman–Crippen MR) is 75.0 cm³/mol. The van der Waals surface area contributed by atoms with Gasteiger partial charge in [0.25, 0.3) is 10.2 Å². The van der Waals surface area contributed by atoms with Crippen molar-refractivity contribution in [2.45, 2.75) is 76.0 Å². The molecule has 0 saturated heterocycles. The molecular formula is C13H26N2O3S. The maximum atomic E-state index is 12.3. The summed E-state index contributed by atoms with van der Waals surface area (Å²) in [5.74, 6) is 0. The van der Waals surface area contributed by atoms with Gasteiger partial charge in [0, 0.05) is 19.1 Å². The van der Waals surface area contributed by atoms with Crippen molar-refractivity contribution in [1.29, 1.82) is 0 Å². The summed E-state index contributed by atoms with van der Waals surface area (Å²) in [6.45, 7) is 0. The van der Waals surface area contributed by atoms with Crippen molar-refractivity contribution in [2.24, 2.45) is 0 Å². The lowest BCUT2D eigenvalue weighted by Crippen LogP contribution is -2.52. The van der Waals surface area contributed by atoms with E-state index in [2.05, 4.69) is 4.72 Å². The molecule has 5 nitrogen and oxygen atoms in total. The smallest absolute Gasteiger partial charge is 0.279 e. The number of rotatable bonds is 4. The number of nitrogens with one attached hydrogen (secondary N) is 1. The Bertz CT molecular complexity index is 379. The Labute approximate surface area is 116 Å². The average molecular weight is 290 g/mol. The molecule has 2 fully saturated rings. The van der Waals surface area contributed by atoms with E-state index in [9.17, 15) is 13.5 Å². The first-order valence-corrected chi connectivity index (χ1v) is 8.88. The van der Waals surface area contributed by atoms with Gasteiger partial charge in [-0.3, -0.25) is 0 Å². The molecule has 112 valence electrons. The fraction of sp³-hybridized carbons (Fsp3) is 1.00. The Kier molecular flexibility index (Phi) is 5.22. The molecule has 2 unspecified atom stereocenters. The molecule has 0 amide bonds. The van der Waals surface area contributed by atoms with Crippen LogP contribution in [0.1, 0.15) is 57.8 Å². The van der Waals surface area contributed by atoms with Gasteiger partial charge < -0.3 is 5.11 Å². The van der Waals surface area contributed by atoms with E-state index in [0.29, 0.717) is 6.42 Å². The van der Waals surface area contributed by atoms with Gasteiger partial charge in [0.05, 0.1) is 6.10 Å². The van der Waals surface area contributed by atoms with Crippen LogP contribution >= 0.6 is 0 Å². The van der Waals surface area contributed by atoms with Crippen molar-refractivity contribution in [3.05, 3.63) is 0 Å². The summed E-state index contributed by atoms with van der Waals surface area (Å²) < 4.78 is 28.9. The fourth-order valence-electron chi connectivity index (χ4n) is 3.16. The fourth-order valence-corrected chi connectivity index (χ4v) is 4.59. The molecule has 0 radical (unpaired) electrons. The quantitative estimate of drug-likeness (QED) is 0.822. The van der Waals surface area contributed by atoms with Crippen LogP contribution in [0.5, 0.6) is 0 Å². The van der Waals surface area contributed by atoms with Crippen LogP contribution in [-0.2, 0) is 10.2 Å². The highest BCUT2D eigenvalue weighted by Crippen LogP contribution is 2.24. The lowest BCUT2D eigenvalue weighted by molar-refractivity contribution is 0.0999. The SMILES string of the molecule is CN(C1CCCCC1)S(=O)(=O)NC1CCCCC1O.